The molecule has 1 heterocycles. The minimum absolute atomic E-state index is 0.551. The van der Waals surface area contributed by atoms with Gasteiger partial charge in [-0.3, -0.25) is 0 Å². The van der Waals surface area contributed by atoms with E-state index >= 15 is 0 Å². The van der Waals surface area contributed by atoms with Crippen LogP contribution in [-0.2, 0) is 0 Å². The second-order valence-corrected chi connectivity index (χ2v) is 1.93. The van der Waals surface area contributed by atoms with Gasteiger partial charge in [0.05, 0.1) is 5.69 Å². The highest BCUT2D eigenvalue weighted by molar-refractivity contribution is 4.99. The number of aromatic nitrogens is 2. The predicted molar refractivity (Wildman–Crippen MR) is 27.3 cm³/mol. The molecular weight excluding hydrogens is 124 g/mol. The van der Waals surface area contributed by atoms with Crippen molar-refractivity contribution in [2.75, 3.05) is 0 Å². The van der Waals surface area contributed by atoms with Gasteiger partial charge in [-0.05, 0) is 13.0 Å². The van der Waals surface area contributed by atoms with Gasteiger partial charge in [-0.1, -0.05) is 5.10 Å². The van der Waals surface area contributed by atoms with Crippen molar-refractivity contribution in [1.29, 1.82) is 0 Å². The van der Waals surface area contributed by atoms with Crippen LogP contribution in [-0.4, -0.2) is 10.2 Å². The molecular formula is C5H6ClN2+. The van der Waals surface area contributed by atoms with Gasteiger partial charge < -0.3 is 0 Å². The van der Waals surface area contributed by atoms with E-state index in [1.165, 1.54) is 0 Å². The van der Waals surface area contributed by atoms with Gasteiger partial charge in [0.15, 0.2) is 11.6 Å². The molecule has 0 fully saturated rings. The number of hydrogen-bond donors (Lipinski definition) is 0. The van der Waals surface area contributed by atoms with Crippen LogP contribution in [0.2, 0.25) is 5.15 Å². The molecule has 0 aliphatic rings. The van der Waals surface area contributed by atoms with Crippen molar-refractivity contribution in [2.24, 2.45) is 0 Å². The van der Waals surface area contributed by atoms with E-state index in [4.69, 9.17) is 11.6 Å². The van der Waals surface area contributed by atoms with E-state index in [-0.39, 0.29) is 0 Å². The largest absolute Gasteiger partial charge is 0.336 e. The van der Waals surface area contributed by atoms with Crippen molar-refractivity contribution < 1.29 is 11.6 Å². The van der Waals surface area contributed by atoms with E-state index in [9.17, 15) is 0 Å². The van der Waals surface area contributed by atoms with Crippen molar-refractivity contribution in [1.82, 2.24) is 10.2 Å². The van der Waals surface area contributed by atoms with Gasteiger partial charge in [0, 0.05) is 6.07 Å². The molecule has 0 amide bonds. The monoisotopic (exact) mass is 129 g/mol. The Labute approximate surface area is 52.5 Å². The zero-order chi connectivity index (χ0) is 5.98. The molecule has 0 radical (unpaired) electrons. The highest BCUT2D eigenvalue weighted by atomic mass is 35.5. The van der Waals surface area contributed by atoms with E-state index in [0.29, 0.717) is 5.15 Å². The van der Waals surface area contributed by atoms with Crippen LogP contribution in [0.15, 0.2) is 12.1 Å². The summed E-state index contributed by atoms with van der Waals surface area (Å²) in [5.41, 5.74) is 0.901. The molecule has 0 aromatic carbocycles. The molecule has 1 aromatic heterocycles. The van der Waals surface area contributed by atoms with Crippen LogP contribution in [0.25, 0.3) is 0 Å². The van der Waals surface area contributed by atoms with Crippen LogP contribution < -0.4 is 0 Å². The fourth-order valence-corrected chi connectivity index (χ4v) is 0.496. The third-order valence-electron chi connectivity index (χ3n) is 0.773. The Morgan fingerprint density at radius 1 is 1.38 bits per heavy atom. The van der Waals surface area contributed by atoms with E-state index in [1.54, 1.807) is 6.07 Å². The number of hydrogen-bond acceptors (Lipinski definition) is 2. The van der Waals surface area contributed by atoms with Crippen LogP contribution >= 0.6 is 0 Å². The maximum atomic E-state index is 4.70. The minimum atomic E-state index is 0.551. The fraction of sp³-hybridized carbons (Fsp3) is 0.200. The molecule has 42 valence electrons. The van der Waals surface area contributed by atoms with Crippen LogP contribution in [0.4, 0.5) is 0 Å². The van der Waals surface area contributed by atoms with Gasteiger partial charge in [-0.15, -0.1) is 0 Å². The molecule has 0 aliphatic heterocycles. The topological polar surface area (TPSA) is 25.8 Å². The van der Waals surface area contributed by atoms with Crippen LogP contribution in [0.3, 0.4) is 0 Å². The predicted octanol–water partition coefficient (Wildman–Crippen LogP) is 0.481. The third kappa shape index (κ3) is 1.17. The summed E-state index contributed by atoms with van der Waals surface area (Å²) in [7, 11) is 0. The molecule has 0 aliphatic carbocycles. The van der Waals surface area contributed by atoms with Gasteiger partial charge in [0.2, 0.25) is 0 Å². The average Bonchev–Trinajstić information content (AvgIpc) is 1.77. The van der Waals surface area contributed by atoms with Crippen LogP contribution in [0, 0.1) is 18.5 Å². The highest BCUT2D eigenvalue weighted by Gasteiger charge is 1.93. The zero-order valence-corrected chi connectivity index (χ0v) is 5.27. The first-order chi connectivity index (χ1) is 3.79. The smallest absolute Gasteiger partial charge is 0.151 e. The van der Waals surface area contributed by atoms with Crippen molar-refractivity contribution in [3.63, 3.8) is 0 Å². The zero-order valence-electron chi connectivity index (χ0n) is 4.46. The van der Waals surface area contributed by atoms with Crippen LogP contribution in [0.1, 0.15) is 5.69 Å². The lowest BCUT2D eigenvalue weighted by Crippen LogP contribution is -1.85. The lowest BCUT2D eigenvalue weighted by atomic mass is 10.4. The molecule has 0 N–H and O–H groups in total. The highest BCUT2D eigenvalue weighted by Crippen LogP contribution is 1.92. The Morgan fingerprint density at radius 2 is 2.12 bits per heavy atom. The quantitative estimate of drug-likeness (QED) is 0.509. The van der Waals surface area contributed by atoms with Gasteiger partial charge in [0.25, 0.3) is 0 Å². The number of halogens is 1. The normalized spacial score (nSPS) is 9.25. The number of rotatable bonds is 0. The van der Waals surface area contributed by atoms with Crippen molar-refractivity contribution in [2.45, 2.75) is 6.92 Å². The first kappa shape index (κ1) is 5.51. The van der Waals surface area contributed by atoms with Crippen molar-refractivity contribution in [3.8, 4) is 0 Å². The lowest BCUT2D eigenvalue weighted by Gasteiger charge is -1.81. The maximum absolute atomic E-state index is 4.70. The summed E-state index contributed by atoms with van der Waals surface area (Å²) < 4.78 is 0. The van der Waals surface area contributed by atoms with E-state index in [0.717, 1.165) is 5.69 Å². The third-order valence-corrected chi connectivity index (χ3v) is 0.991. The molecule has 0 spiro atoms. The Kier molecular flexibility index (Phi) is 1.44. The molecule has 0 saturated heterocycles. The molecule has 0 bridgehead atoms. The molecule has 0 unspecified atom stereocenters. The van der Waals surface area contributed by atoms with Crippen molar-refractivity contribution in [3.05, 3.63) is 23.0 Å². The molecule has 8 heavy (non-hydrogen) atoms. The Balaban J connectivity index is 3.03. The number of nitrogens with zero attached hydrogens (tertiary/aromatic N) is 2. The summed E-state index contributed by atoms with van der Waals surface area (Å²) in [6, 6.07) is 3.60. The summed E-state index contributed by atoms with van der Waals surface area (Å²) in [6.45, 7) is 1.88. The Hall–Kier alpha value is -0.630. The molecule has 1 aromatic rings. The van der Waals surface area contributed by atoms with E-state index in [2.05, 4.69) is 10.2 Å². The van der Waals surface area contributed by atoms with Gasteiger partial charge in [-0.2, -0.15) is 5.10 Å². The summed E-state index contributed by atoms with van der Waals surface area (Å²) in [4.78, 5) is 0. The lowest BCUT2D eigenvalue weighted by molar-refractivity contribution is -0.297. The summed E-state index contributed by atoms with van der Waals surface area (Å²) in [5.74, 6) is 0. The number of aryl methyl sites for hydroxylation is 1. The summed E-state index contributed by atoms with van der Waals surface area (Å²) in [5, 5.41) is 7.92. The van der Waals surface area contributed by atoms with Gasteiger partial charge in [-0.25, -0.2) is 0 Å². The summed E-state index contributed by atoms with van der Waals surface area (Å²) >= 11 is 4.70. The Bertz CT molecular complexity index is 149. The second-order valence-electron chi connectivity index (χ2n) is 1.51. The van der Waals surface area contributed by atoms with Gasteiger partial charge in [0.1, 0.15) is 0 Å². The van der Waals surface area contributed by atoms with Crippen LogP contribution in [0.5, 0.6) is 0 Å². The molecule has 2 nitrogen and oxygen atoms in total. The fourth-order valence-electron chi connectivity index (χ4n) is 0.387. The van der Waals surface area contributed by atoms with Gasteiger partial charge >= 0.3 is 5.15 Å². The van der Waals surface area contributed by atoms with E-state index in [1.807, 2.05) is 13.0 Å². The first-order valence-corrected chi connectivity index (χ1v) is 2.67. The first-order valence-electron chi connectivity index (χ1n) is 2.26. The average molecular weight is 130 g/mol. The molecule has 1 rings (SSSR count). The Morgan fingerprint density at radius 3 is 2.50 bits per heavy atom. The summed E-state index contributed by atoms with van der Waals surface area (Å²) in [6.07, 6.45) is 0. The van der Waals surface area contributed by atoms with Crippen molar-refractivity contribution >= 4 is 0 Å². The molecule has 0 saturated carbocycles. The second kappa shape index (κ2) is 2.09. The SMILES string of the molecule is Cc1ccc([ClH+])nn1. The maximum Gasteiger partial charge on any atom is 0.336 e. The van der Waals surface area contributed by atoms with E-state index < -0.39 is 0 Å². The standard InChI is InChI=1S/C5H6ClN2/c1-4-2-3-5(6)8-7-4/h2-3,6H,1H3/q+1. The molecule has 3 heteroatoms. The minimum Gasteiger partial charge on any atom is -0.151 e. The molecule has 0 atom stereocenters.